The van der Waals surface area contributed by atoms with Crippen LogP contribution >= 0.6 is 0 Å². The fourth-order valence-corrected chi connectivity index (χ4v) is 1.67. The number of ether oxygens (including phenoxy) is 2. The molecular weight excluding hydrogens is 246 g/mol. The maximum atomic E-state index is 10.4. The lowest BCUT2D eigenvalue weighted by Gasteiger charge is -2.17. The molecule has 0 spiro atoms. The summed E-state index contributed by atoms with van der Waals surface area (Å²) in [7, 11) is 5.13. The molecule has 0 heterocycles. The van der Waals surface area contributed by atoms with Gasteiger partial charge in [0.05, 0.1) is 14.2 Å². The van der Waals surface area contributed by atoms with Crippen molar-refractivity contribution in [2.45, 2.75) is 6.54 Å². The highest BCUT2D eigenvalue weighted by Crippen LogP contribution is 2.25. The molecule has 5 nitrogen and oxygen atoms in total. The number of carboxylic acids is 1. The molecular formula is C14H19NO4. The van der Waals surface area contributed by atoms with Gasteiger partial charge < -0.3 is 14.6 Å². The van der Waals surface area contributed by atoms with Gasteiger partial charge in [0.1, 0.15) is 11.5 Å². The van der Waals surface area contributed by atoms with Gasteiger partial charge in [-0.25, -0.2) is 4.79 Å². The van der Waals surface area contributed by atoms with Crippen LogP contribution in [-0.4, -0.2) is 43.8 Å². The van der Waals surface area contributed by atoms with E-state index in [1.54, 1.807) is 20.3 Å². The van der Waals surface area contributed by atoms with E-state index < -0.39 is 5.97 Å². The van der Waals surface area contributed by atoms with E-state index in [1.807, 2.05) is 30.1 Å². The molecule has 104 valence electrons. The highest BCUT2D eigenvalue weighted by atomic mass is 16.5. The molecule has 1 aromatic carbocycles. The highest BCUT2D eigenvalue weighted by Gasteiger charge is 2.07. The summed E-state index contributed by atoms with van der Waals surface area (Å²) in [5.41, 5.74) is 1.02. The van der Waals surface area contributed by atoms with E-state index in [0.717, 1.165) is 23.1 Å². The molecule has 0 aliphatic carbocycles. The van der Waals surface area contributed by atoms with E-state index >= 15 is 0 Å². The molecule has 0 saturated carbocycles. The number of rotatable bonds is 7. The largest absolute Gasteiger partial charge is 0.497 e. The van der Waals surface area contributed by atoms with Crippen molar-refractivity contribution in [2.24, 2.45) is 0 Å². The van der Waals surface area contributed by atoms with Crippen LogP contribution in [0.1, 0.15) is 5.56 Å². The third kappa shape index (κ3) is 5.01. The van der Waals surface area contributed by atoms with Gasteiger partial charge in [0, 0.05) is 30.8 Å². The number of hydrogen-bond donors (Lipinski definition) is 1. The Bertz CT molecular complexity index is 457. The van der Waals surface area contributed by atoms with Crippen LogP contribution in [0.15, 0.2) is 30.4 Å². The molecule has 19 heavy (non-hydrogen) atoms. The average Bonchev–Trinajstić information content (AvgIpc) is 2.38. The lowest BCUT2D eigenvalue weighted by molar-refractivity contribution is -0.131. The maximum absolute atomic E-state index is 10.4. The second-order valence-electron chi connectivity index (χ2n) is 4.12. The molecule has 0 aliphatic heterocycles. The minimum absolute atomic E-state index is 0.557. The van der Waals surface area contributed by atoms with E-state index in [4.69, 9.17) is 14.6 Å². The Morgan fingerprint density at radius 2 is 2.11 bits per heavy atom. The fourth-order valence-electron chi connectivity index (χ4n) is 1.67. The second-order valence-corrected chi connectivity index (χ2v) is 4.12. The van der Waals surface area contributed by atoms with Gasteiger partial charge in [-0.2, -0.15) is 0 Å². The summed E-state index contributed by atoms with van der Waals surface area (Å²) in [6, 6.07) is 5.64. The van der Waals surface area contributed by atoms with Gasteiger partial charge in [0.2, 0.25) is 0 Å². The first kappa shape index (κ1) is 15.0. The van der Waals surface area contributed by atoms with Crippen molar-refractivity contribution in [1.29, 1.82) is 0 Å². The number of aliphatic carboxylic acids is 1. The Balaban J connectivity index is 2.68. The van der Waals surface area contributed by atoms with E-state index in [-0.39, 0.29) is 0 Å². The molecule has 1 N–H and O–H groups in total. The molecule has 0 fully saturated rings. The Morgan fingerprint density at radius 3 is 2.68 bits per heavy atom. The average molecular weight is 265 g/mol. The summed E-state index contributed by atoms with van der Waals surface area (Å²) in [6.07, 6.45) is 2.75. The van der Waals surface area contributed by atoms with Crippen LogP contribution in [0.3, 0.4) is 0 Å². The summed E-state index contributed by atoms with van der Waals surface area (Å²) in [5, 5.41) is 8.52. The number of carboxylic acid groups (broad SMARTS) is 1. The van der Waals surface area contributed by atoms with E-state index in [2.05, 4.69) is 0 Å². The summed E-state index contributed by atoms with van der Waals surface area (Å²) >= 11 is 0. The lowest BCUT2D eigenvalue weighted by atomic mass is 10.2. The normalized spacial score (nSPS) is 10.9. The van der Waals surface area contributed by atoms with Crippen LogP contribution in [0, 0.1) is 0 Å². The Labute approximate surface area is 113 Å². The summed E-state index contributed by atoms with van der Waals surface area (Å²) in [4.78, 5) is 12.4. The molecule has 0 aliphatic rings. The molecule has 5 heteroatoms. The van der Waals surface area contributed by atoms with Crippen molar-refractivity contribution in [3.63, 3.8) is 0 Å². The second kappa shape index (κ2) is 7.43. The molecule has 0 bridgehead atoms. The van der Waals surface area contributed by atoms with Crippen molar-refractivity contribution in [3.8, 4) is 11.5 Å². The molecule has 0 aromatic heterocycles. The Morgan fingerprint density at radius 1 is 1.37 bits per heavy atom. The lowest BCUT2D eigenvalue weighted by Crippen LogP contribution is -2.18. The Kier molecular flexibility index (Phi) is 5.89. The summed E-state index contributed by atoms with van der Waals surface area (Å²) < 4.78 is 10.5. The zero-order valence-electron chi connectivity index (χ0n) is 11.4. The van der Waals surface area contributed by atoms with Crippen LogP contribution in [0.2, 0.25) is 0 Å². The number of benzene rings is 1. The van der Waals surface area contributed by atoms with Crippen LogP contribution in [0.4, 0.5) is 0 Å². The number of carbonyl (C=O) groups is 1. The van der Waals surface area contributed by atoms with Gasteiger partial charge in [-0.15, -0.1) is 0 Å². The van der Waals surface area contributed by atoms with E-state index in [9.17, 15) is 4.79 Å². The van der Waals surface area contributed by atoms with Crippen molar-refractivity contribution in [1.82, 2.24) is 4.90 Å². The molecule has 0 saturated heterocycles. The fraction of sp³-hybridized carbons (Fsp3) is 0.357. The van der Waals surface area contributed by atoms with E-state index in [0.29, 0.717) is 13.1 Å². The van der Waals surface area contributed by atoms with Gasteiger partial charge in [0.15, 0.2) is 0 Å². The van der Waals surface area contributed by atoms with Gasteiger partial charge in [0.25, 0.3) is 0 Å². The minimum atomic E-state index is -0.935. The number of methoxy groups -OCH3 is 2. The monoisotopic (exact) mass is 265 g/mol. The third-order valence-electron chi connectivity index (χ3n) is 2.61. The topological polar surface area (TPSA) is 59.0 Å². The zero-order chi connectivity index (χ0) is 14.3. The van der Waals surface area contributed by atoms with Gasteiger partial charge >= 0.3 is 5.97 Å². The van der Waals surface area contributed by atoms with Gasteiger partial charge in [-0.1, -0.05) is 12.1 Å². The third-order valence-corrected chi connectivity index (χ3v) is 2.61. The minimum Gasteiger partial charge on any atom is -0.497 e. The van der Waals surface area contributed by atoms with Crippen LogP contribution in [0.25, 0.3) is 0 Å². The smallest absolute Gasteiger partial charge is 0.328 e. The highest BCUT2D eigenvalue weighted by molar-refractivity contribution is 5.79. The maximum Gasteiger partial charge on any atom is 0.328 e. The molecule has 0 radical (unpaired) electrons. The van der Waals surface area contributed by atoms with Crippen LogP contribution in [0.5, 0.6) is 11.5 Å². The predicted molar refractivity (Wildman–Crippen MR) is 72.7 cm³/mol. The standard InChI is InChI=1S/C14H19NO4/c1-15(8-4-5-14(16)17)10-11-6-7-12(18-2)9-13(11)19-3/h4-7,9H,8,10H2,1-3H3,(H,16,17)/b5-4+. The van der Waals surface area contributed by atoms with Gasteiger partial charge in [-0.05, 0) is 13.1 Å². The van der Waals surface area contributed by atoms with Crippen LogP contribution < -0.4 is 9.47 Å². The quantitative estimate of drug-likeness (QED) is 0.761. The van der Waals surface area contributed by atoms with Crippen molar-refractivity contribution < 1.29 is 19.4 Å². The molecule has 0 amide bonds. The predicted octanol–water partition coefficient (Wildman–Crippen LogP) is 1.78. The van der Waals surface area contributed by atoms with Crippen LogP contribution in [-0.2, 0) is 11.3 Å². The first-order valence-corrected chi connectivity index (χ1v) is 5.85. The first-order chi connectivity index (χ1) is 9.06. The number of nitrogens with zero attached hydrogens (tertiary/aromatic N) is 1. The number of hydrogen-bond acceptors (Lipinski definition) is 4. The van der Waals surface area contributed by atoms with Gasteiger partial charge in [-0.3, -0.25) is 4.90 Å². The summed E-state index contributed by atoms with van der Waals surface area (Å²) in [5.74, 6) is 0.567. The number of likely N-dealkylation sites (N-methyl/N-ethyl adjacent to an activating group) is 1. The van der Waals surface area contributed by atoms with Crippen molar-refractivity contribution >= 4 is 5.97 Å². The Hall–Kier alpha value is -2.01. The molecule has 0 unspecified atom stereocenters. The van der Waals surface area contributed by atoms with E-state index in [1.165, 1.54) is 0 Å². The van der Waals surface area contributed by atoms with Crippen molar-refractivity contribution in [3.05, 3.63) is 35.9 Å². The molecule has 1 rings (SSSR count). The molecule has 0 atom stereocenters. The zero-order valence-corrected chi connectivity index (χ0v) is 11.4. The molecule has 1 aromatic rings. The summed E-state index contributed by atoms with van der Waals surface area (Å²) in [6.45, 7) is 1.22. The van der Waals surface area contributed by atoms with Crippen molar-refractivity contribution in [2.75, 3.05) is 27.8 Å². The SMILES string of the molecule is COc1ccc(CN(C)C/C=C/C(=O)O)c(OC)c1. The first-order valence-electron chi connectivity index (χ1n) is 5.85.